The van der Waals surface area contributed by atoms with Crippen LogP contribution in [0.4, 0.5) is 0 Å². The first-order chi connectivity index (χ1) is 8.66. The third-order valence-corrected chi connectivity index (χ3v) is 2.44. The van der Waals surface area contributed by atoms with E-state index in [4.69, 9.17) is 16.5 Å². The van der Waals surface area contributed by atoms with Crippen LogP contribution in [0.2, 0.25) is 5.02 Å². The summed E-state index contributed by atoms with van der Waals surface area (Å²) < 4.78 is 0. The van der Waals surface area contributed by atoms with E-state index in [0.29, 0.717) is 5.56 Å². The molecule has 0 bridgehead atoms. The first kappa shape index (κ1) is 12.3. The van der Waals surface area contributed by atoms with Crippen molar-refractivity contribution in [1.82, 2.24) is 0 Å². The normalized spacial score (nSPS) is 9.83. The second-order valence-corrected chi connectivity index (χ2v) is 3.84. The van der Waals surface area contributed by atoms with E-state index in [1.165, 1.54) is 18.2 Å². The Balaban J connectivity index is 1.99. The van der Waals surface area contributed by atoms with Gasteiger partial charge in [-0.05, 0) is 24.3 Å². The van der Waals surface area contributed by atoms with E-state index in [9.17, 15) is 9.90 Å². The van der Waals surface area contributed by atoms with Crippen molar-refractivity contribution in [2.75, 3.05) is 0 Å². The Hall–Kier alpha value is -2.20. The van der Waals surface area contributed by atoms with Crippen LogP contribution in [-0.4, -0.2) is 11.1 Å². The minimum Gasteiger partial charge on any atom is -0.506 e. The maximum atomic E-state index is 11.5. The lowest BCUT2D eigenvalue weighted by Gasteiger charge is -2.05. The quantitative estimate of drug-likeness (QED) is 0.683. The maximum Gasteiger partial charge on any atom is 0.386 e. The van der Waals surface area contributed by atoms with Crippen LogP contribution < -0.4 is 4.89 Å². The van der Waals surface area contributed by atoms with Gasteiger partial charge in [-0.25, -0.2) is 9.68 Å². The largest absolute Gasteiger partial charge is 0.506 e. The average Bonchev–Trinajstić information content (AvgIpc) is 2.41. The number of carbonyl (C=O) groups excluding carboxylic acids is 1. The Morgan fingerprint density at radius 3 is 2.50 bits per heavy atom. The molecule has 0 amide bonds. The van der Waals surface area contributed by atoms with Gasteiger partial charge < -0.3 is 5.11 Å². The van der Waals surface area contributed by atoms with E-state index >= 15 is 0 Å². The van der Waals surface area contributed by atoms with Gasteiger partial charge in [-0.15, -0.1) is 0 Å². The van der Waals surface area contributed by atoms with Crippen molar-refractivity contribution in [3.05, 3.63) is 59.1 Å². The first-order valence-electron chi connectivity index (χ1n) is 5.09. The highest BCUT2D eigenvalue weighted by Gasteiger charge is 2.09. The fraction of sp³-hybridized carbons (Fsp3) is 0. The predicted molar refractivity (Wildman–Crippen MR) is 65.6 cm³/mol. The molecular formula is C13H9ClO4. The molecule has 4 nitrogen and oxygen atoms in total. The molecule has 0 aliphatic rings. The lowest BCUT2D eigenvalue weighted by atomic mass is 10.2. The van der Waals surface area contributed by atoms with E-state index in [1.807, 2.05) is 0 Å². The van der Waals surface area contributed by atoms with E-state index in [0.717, 1.165) is 0 Å². The first-order valence-corrected chi connectivity index (χ1v) is 5.47. The number of phenolic OH excluding ortho intramolecular Hbond substituents is 1. The van der Waals surface area contributed by atoms with Crippen molar-refractivity contribution < 1.29 is 19.7 Å². The molecule has 0 fully saturated rings. The van der Waals surface area contributed by atoms with E-state index < -0.39 is 5.97 Å². The number of phenols is 1. The second kappa shape index (κ2) is 5.42. The molecule has 92 valence electrons. The van der Waals surface area contributed by atoms with Gasteiger partial charge in [0.05, 0.1) is 10.6 Å². The monoisotopic (exact) mass is 264 g/mol. The van der Waals surface area contributed by atoms with Crippen molar-refractivity contribution in [3.63, 3.8) is 0 Å². The molecule has 0 aliphatic heterocycles. The summed E-state index contributed by atoms with van der Waals surface area (Å²) >= 11 is 5.68. The summed E-state index contributed by atoms with van der Waals surface area (Å²) in [5, 5.41) is 9.32. The van der Waals surface area contributed by atoms with Gasteiger partial charge in [-0.1, -0.05) is 29.8 Å². The fourth-order valence-electron chi connectivity index (χ4n) is 1.25. The number of hydrogen-bond acceptors (Lipinski definition) is 4. The summed E-state index contributed by atoms with van der Waals surface area (Å²) in [6, 6.07) is 12.5. The summed E-state index contributed by atoms with van der Waals surface area (Å²) in [7, 11) is 0. The zero-order chi connectivity index (χ0) is 13.0. The Morgan fingerprint density at radius 2 is 1.83 bits per heavy atom. The van der Waals surface area contributed by atoms with Crippen molar-refractivity contribution in [1.29, 1.82) is 0 Å². The standard InChI is InChI=1S/C13H9ClO4/c14-11-8-10(6-7-12(11)15)17-18-13(16)9-4-2-1-3-5-9/h1-8,15H. The van der Waals surface area contributed by atoms with Crippen LogP contribution in [-0.2, 0) is 4.89 Å². The molecular weight excluding hydrogens is 256 g/mol. The molecule has 0 unspecified atom stereocenters. The molecule has 0 spiro atoms. The number of halogens is 1. The zero-order valence-electron chi connectivity index (χ0n) is 9.17. The van der Waals surface area contributed by atoms with Crippen LogP contribution in [0.3, 0.4) is 0 Å². The lowest BCUT2D eigenvalue weighted by Crippen LogP contribution is -2.08. The smallest absolute Gasteiger partial charge is 0.386 e. The van der Waals surface area contributed by atoms with Gasteiger partial charge in [0.25, 0.3) is 0 Å². The van der Waals surface area contributed by atoms with Gasteiger partial charge in [0.1, 0.15) is 5.75 Å². The Labute approximate surface area is 108 Å². The van der Waals surface area contributed by atoms with E-state index in [-0.39, 0.29) is 16.5 Å². The summed E-state index contributed by atoms with van der Waals surface area (Å²) in [5.74, 6) is -0.458. The maximum absolute atomic E-state index is 11.5. The Bertz CT molecular complexity index is 554. The molecule has 0 aromatic heterocycles. The minimum atomic E-state index is -0.611. The van der Waals surface area contributed by atoms with Gasteiger partial charge in [-0.3, -0.25) is 4.89 Å². The molecule has 0 atom stereocenters. The van der Waals surface area contributed by atoms with Crippen LogP contribution >= 0.6 is 11.6 Å². The van der Waals surface area contributed by atoms with E-state index in [2.05, 4.69) is 4.89 Å². The summed E-state index contributed by atoms with van der Waals surface area (Å²) in [5.41, 5.74) is 0.377. The summed E-state index contributed by atoms with van der Waals surface area (Å²) in [6.45, 7) is 0. The Morgan fingerprint density at radius 1 is 1.11 bits per heavy atom. The lowest BCUT2D eigenvalue weighted by molar-refractivity contribution is -0.149. The Kier molecular flexibility index (Phi) is 3.69. The number of hydrogen-bond donors (Lipinski definition) is 1. The van der Waals surface area contributed by atoms with Gasteiger partial charge >= 0.3 is 5.97 Å². The molecule has 2 rings (SSSR count). The molecule has 5 heteroatoms. The summed E-state index contributed by atoms with van der Waals surface area (Å²) in [4.78, 5) is 21.0. The third kappa shape index (κ3) is 2.93. The minimum absolute atomic E-state index is 0.0709. The van der Waals surface area contributed by atoms with Crippen LogP contribution in [0.15, 0.2) is 48.5 Å². The average molecular weight is 265 g/mol. The number of aromatic hydroxyl groups is 1. The highest BCUT2D eigenvalue weighted by atomic mass is 35.5. The van der Waals surface area contributed by atoms with Crippen LogP contribution in [0.25, 0.3) is 0 Å². The van der Waals surface area contributed by atoms with Crippen molar-refractivity contribution in [2.24, 2.45) is 0 Å². The number of benzene rings is 2. The highest BCUT2D eigenvalue weighted by molar-refractivity contribution is 6.32. The molecule has 0 saturated heterocycles. The predicted octanol–water partition coefficient (Wildman–Crippen LogP) is 3.20. The van der Waals surface area contributed by atoms with Crippen LogP contribution in [0.1, 0.15) is 10.4 Å². The van der Waals surface area contributed by atoms with Gasteiger partial charge in [0.15, 0.2) is 5.75 Å². The number of rotatable bonds is 3. The molecule has 2 aromatic carbocycles. The zero-order valence-corrected chi connectivity index (χ0v) is 9.92. The van der Waals surface area contributed by atoms with Crippen LogP contribution in [0, 0.1) is 0 Å². The van der Waals surface area contributed by atoms with Gasteiger partial charge in [0, 0.05) is 6.07 Å². The van der Waals surface area contributed by atoms with Crippen molar-refractivity contribution in [3.8, 4) is 11.5 Å². The molecule has 0 radical (unpaired) electrons. The number of carbonyl (C=O) groups is 1. The molecule has 1 N–H and O–H groups in total. The van der Waals surface area contributed by atoms with Crippen LogP contribution in [0.5, 0.6) is 11.5 Å². The van der Waals surface area contributed by atoms with Gasteiger partial charge in [0.2, 0.25) is 0 Å². The second-order valence-electron chi connectivity index (χ2n) is 3.43. The SMILES string of the molecule is O=C(OOc1ccc(O)c(Cl)c1)c1ccccc1. The summed E-state index contributed by atoms with van der Waals surface area (Å²) in [6.07, 6.45) is 0. The molecule has 0 heterocycles. The fourth-order valence-corrected chi connectivity index (χ4v) is 1.42. The molecule has 0 aliphatic carbocycles. The highest BCUT2D eigenvalue weighted by Crippen LogP contribution is 2.27. The van der Waals surface area contributed by atoms with Crippen molar-refractivity contribution in [2.45, 2.75) is 0 Å². The third-order valence-electron chi connectivity index (χ3n) is 2.14. The van der Waals surface area contributed by atoms with Crippen molar-refractivity contribution >= 4 is 17.6 Å². The molecule has 0 saturated carbocycles. The topological polar surface area (TPSA) is 55.8 Å². The van der Waals surface area contributed by atoms with Gasteiger partial charge in [-0.2, -0.15) is 0 Å². The van der Waals surface area contributed by atoms with E-state index in [1.54, 1.807) is 30.3 Å². The molecule has 18 heavy (non-hydrogen) atoms. The molecule has 2 aromatic rings.